The second-order valence-corrected chi connectivity index (χ2v) is 17.7. The van der Waals surface area contributed by atoms with E-state index < -0.39 is 6.09 Å². The normalized spacial score (nSPS) is 12.1. The topological polar surface area (TPSA) is 88.1 Å². The van der Waals surface area contributed by atoms with E-state index in [1.165, 1.54) is 0 Å². The summed E-state index contributed by atoms with van der Waals surface area (Å²) in [7, 11) is 0. The maximum absolute atomic E-state index is 13.9. The number of nitrogens with zero attached hydrogens (tertiary/aromatic N) is 1. The van der Waals surface area contributed by atoms with Crippen molar-refractivity contribution in [1.29, 1.82) is 0 Å². The third-order valence-corrected chi connectivity index (χ3v) is 12.1. The van der Waals surface area contributed by atoms with E-state index in [1.807, 2.05) is 66.7 Å². The van der Waals surface area contributed by atoms with Crippen LogP contribution >= 0.6 is 15.9 Å². The molecule has 8 rings (SSSR count). The van der Waals surface area contributed by atoms with Gasteiger partial charge < -0.3 is 23.7 Å². The average Bonchev–Trinajstić information content (AvgIpc) is 3.32. The minimum absolute atomic E-state index is 0.125. The van der Waals surface area contributed by atoms with Gasteiger partial charge in [-0.25, -0.2) is 9.78 Å². The van der Waals surface area contributed by atoms with Gasteiger partial charge in [-0.1, -0.05) is 141 Å². The molecule has 9 heteroatoms. The summed E-state index contributed by atoms with van der Waals surface area (Å²) in [6.45, 7) is 10.9. The van der Waals surface area contributed by atoms with Crippen molar-refractivity contribution in [2.75, 3.05) is 31.7 Å². The zero-order valence-electron chi connectivity index (χ0n) is 38.5. The van der Waals surface area contributed by atoms with E-state index in [-0.39, 0.29) is 6.61 Å². The second-order valence-electron chi connectivity index (χ2n) is 16.8. The number of amides is 1. The van der Waals surface area contributed by atoms with Crippen LogP contribution in [0.1, 0.15) is 103 Å². The molecule has 1 heterocycles. The highest BCUT2D eigenvalue weighted by Gasteiger charge is 2.26. The van der Waals surface area contributed by atoms with Gasteiger partial charge >= 0.3 is 6.09 Å². The highest BCUT2D eigenvalue weighted by Crippen LogP contribution is 2.44. The van der Waals surface area contributed by atoms with Gasteiger partial charge in [0.25, 0.3) is 0 Å². The molecule has 8 bridgehead atoms. The summed E-state index contributed by atoms with van der Waals surface area (Å²) in [6.07, 6.45) is 4.95. The van der Waals surface area contributed by atoms with Crippen LogP contribution in [-0.2, 0) is 37.0 Å². The van der Waals surface area contributed by atoms with Gasteiger partial charge in [0.1, 0.15) is 29.6 Å². The molecule has 0 aliphatic heterocycles. The molecule has 1 aliphatic carbocycles. The molecule has 66 heavy (non-hydrogen) atoms. The van der Waals surface area contributed by atoms with Gasteiger partial charge in [0.2, 0.25) is 0 Å². The molecule has 6 aromatic carbocycles. The Labute approximate surface area is 397 Å². The first-order chi connectivity index (χ1) is 32.4. The van der Waals surface area contributed by atoms with Crippen LogP contribution in [-0.4, -0.2) is 37.5 Å². The van der Waals surface area contributed by atoms with Crippen molar-refractivity contribution in [1.82, 2.24) is 4.98 Å². The van der Waals surface area contributed by atoms with Gasteiger partial charge in [-0.2, -0.15) is 0 Å². The predicted octanol–water partition coefficient (Wildman–Crippen LogP) is 14.2. The zero-order chi connectivity index (χ0) is 45.8. The Kier molecular flexibility index (Phi) is 15.6. The molecular weight excluding hydrogens is 889 g/mol. The van der Waals surface area contributed by atoms with Crippen LogP contribution < -0.4 is 24.3 Å². The molecular formula is C57H59BrN2O6. The number of fused-ring (bicyclic) bond motifs is 10. The second kappa shape index (κ2) is 22.2. The van der Waals surface area contributed by atoms with Crippen LogP contribution in [0, 0.1) is 0 Å². The Morgan fingerprint density at radius 1 is 0.545 bits per heavy atom. The molecule has 8 nitrogen and oxygen atoms in total. The lowest BCUT2D eigenvalue weighted by molar-refractivity contribution is 0.155. The van der Waals surface area contributed by atoms with Gasteiger partial charge in [-0.3, -0.25) is 5.32 Å². The molecule has 0 radical (unpaired) electrons. The molecule has 0 atom stereocenters. The van der Waals surface area contributed by atoms with Crippen molar-refractivity contribution in [2.45, 2.75) is 85.7 Å². The van der Waals surface area contributed by atoms with Crippen molar-refractivity contribution in [3.8, 4) is 34.3 Å². The number of hydrogen-bond acceptors (Lipinski definition) is 7. The first kappa shape index (κ1) is 46.2. The minimum atomic E-state index is -0.566. The van der Waals surface area contributed by atoms with Crippen molar-refractivity contribution >= 4 is 38.6 Å². The van der Waals surface area contributed by atoms with Crippen LogP contribution in [0.4, 0.5) is 10.5 Å². The predicted molar refractivity (Wildman–Crippen MR) is 269 cm³/mol. The van der Waals surface area contributed by atoms with Crippen LogP contribution in [0.3, 0.4) is 0 Å². The van der Waals surface area contributed by atoms with Crippen molar-refractivity contribution in [2.24, 2.45) is 0 Å². The first-order valence-electron chi connectivity index (χ1n) is 23.4. The fraction of sp³-hybridized carbons (Fsp3) is 0.298. The molecule has 0 fully saturated rings. The highest BCUT2D eigenvalue weighted by molar-refractivity contribution is 9.10. The largest absolute Gasteiger partial charge is 0.493 e. The zero-order valence-corrected chi connectivity index (χ0v) is 40.1. The molecule has 1 amide bonds. The number of anilines is 1. The molecule has 7 aromatic rings. The lowest BCUT2D eigenvalue weighted by Crippen LogP contribution is -2.15. The smallest absolute Gasteiger partial charge is 0.411 e. The van der Waals surface area contributed by atoms with Crippen LogP contribution in [0.15, 0.2) is 126 Å². The Hall–Kier alpha value is -6.32. The molecule has 0 saturated heterocycles. The number of aromatic nitrogens is 1. The number of para-hydroxylation sites is 2. The Balaban J connectivity index is 1.41. The van der Waals surface area contributed by atoms with Gasteiger partial charge in [-0.15, -0.1) is 0 Å². The molecule has 1 aromatic heterocycles. The SMILES string of the molecule is CCCOc1c2cc(Br)cc1Cc1cccc(c1OCCC)Cc1c(OCCC)c(cc3nc(-c4ccccc4)cc(NC(=O)OCc4ccccc4)c13)Cc1cccc(c1OCCC)C2. The maximum Gasteiger partial charge on any atom is 0.411 e. The summed E-state index contributed by atoms with van der Waals surface area (Å²) in [5.41, 5.74) is 12.0. The molecule has 1 aliphatic rings. The first-order valence-corrected chi connectivity index (χ1v) is 24.2. The molecule has 340 valence electrons. The standard InChI is InChI=1S/C57H59BrN2O6/c1-5-25-62-53-40-21-15-22-42(53)31-46-35-50-52(51(36-49(59-50)39-19-13-10-14-20-39)60-57(61)66-37-38-17-11-9-12-18-38)48(56(46)65-28-8-4)34-43-24-16-23-41(54(43)63-26-6-2)30-45-33-47(58)32-44(29-40)55(45)64-27-7-3/h9-24,32-33,35-36H,5-8,25-31,34,37H2,1-4H3,(H,59,60,61). The number of halogens is 1. The van der Waals surface area contributed by atoms with Gasteiger partial charge in [-0.05, 0) is 77.8 Å². The molecule has 0 saturated carbocycles. The monoisotopic (exact) mass is 946 g/mol. The van der Waals surface area contributed by atoms with E-state index in [4.69, 9.17) is 28.7 Å². The summed E-state index contributed by atoms with van der Waals surface area (Å²) in [5, 5.41) is 3.96. The fourth-order valence-corrected chi connectivity index (χ4v) is 9.27. The number of nitrogens with one attached hydrogen (secondary N) is 1. The van der Waals surface area contributed by atoms with Crippen molar-refractivity contribution in [3.63, 3.8) is 0 Å². The Morgan fingerprint density at radius 2 is 1.02 bits per heavy atom. The lowest BCUT2D eigenvalue weighted by Gasteiger charge is -2.24. The Morgan fingerprint density at radius 3 is 1.55 bits per heavy atom. The summed E-state index contributed by atoms with van der Waals surface area (Å²) in [5.74, 6) is 3.36. The number of rotatable bonds is 16. The van der Waals surface area contributed by atoms with Gasteiger partial charge in [0.15, 0.2) is 0 Å². The molecule has 1 N–H and O–H groups in total. The minimum Gasteiger partial charge on any atom is -0.493 e. The van der Waals surface area contributed by atoms with E-state index >= 15 is 0 Å². The summed E-state index contributed by atoms with van der Waals surface area (Å²) < 4.78 is 34.1. The van der Waals surface area contributed by atoms with Gasteiger partial charge in [0.05, 0.1) is 43.3 Å². The summed E-state index contributed by atoms with van der Waals surface area (Å²) in [6, 6.07) is 41.1. The van der Waals surface area contributed by atoms with E-state index in [2.05, 4.69) is 104 Å². The third kappa shape index (κ3) is 10.9. The number of pyridine rings is 1. The Bertz CT molecular complexity index is 2780. The number of hydrogen-bond donors (Lipinski definition) is 1. The molecule has 0 spiro atoms. The highest BCUT2D eigenvalue weighted by atomic mass is 79.9. The van der Waals surface area contributed by atoms with E-state index in [9.17, 15) is 4.79 Å². The maximum atomic E-state index is 13.9. The summed E-state index contributed by atoms with van der Waals surface area (Å²) in [4.78, 5) is 19.3. The number of ether oxygens (including phenoxy) is 5. The lowest BCUT2D eigenvalue weighted by atomic mass is 9.89. The summed E-state index contributed by atoms with van der Waals surface area (Å²) >= 11 is 3.89. The van der Waals surface area contributed by atoms with E-state index in [1.54, 1.807) is 0 Å². The van der Waals surface area contributed by atoms with Crippen LogP contribution in [0.5, 0.6) is 23.0 Å². The van der Waals surface area contributed by atoms with E-state index in [0.29, 0.717) is 57.8 Å². The van der Waals surface area contributed by atoms with Gasteiger partial charge in [0, 0.05) is 63.4 Å². The van der Waals surface area contributed by atoms with E-state index in [0.717, 1.165) is 125 Å². The number of carbonyl (C=O) groups is 1. The number of carbonyl (C=O) groups excluding carboxylic acids is 1. The third-order valence-electron chi connectivity index (χ3n) is 11.6. The van der Waals surface area contributed by atoms with Crippen molar-refractivity contribution in [3.05, 3.63) is 176 Å². The fourth-order valence-electron chi connectivity index (χ4n) is 8.71. The van der Waals surface area contributed by atoms with Crippen LogP contribution in [0.2, 0.25) is 0 Å². The number of benzene rings is 6. The van der Waals surface area contributed by atoms with Crippen molar-refractivity contribution < 1.29 is 28.5 Å². The average molecular weight is 948 g/mol. The molecule has 0 unspecified atom stereocenters. The van der Waals surface area contributed by atoms with Crippen LogP contribution in [0.25, 0.3) is 22.2 Å². The quantitative estimate of drug-likeness (QED) is 0.103.